The second-order valence-corrected chi connectivity index (χ2v) is 4.39. The van der Waals surface area contributed by atoms with Crippen molar-refractivity contribution in [1.82, 2.24) is 0 Å². The lowest BCUT2D eigenvalue weighted by Gasteiger charge is -2.51. The van der Waals surface area contributed by atoms with Crippen LogP contribution in [0.1, 0.15) is 13.8 Å². The second-order valence-electron chi connectivity index (χ2n) is 4.39. The summed E-state index contributed by atoms with van der Waals surface area (Å²) < 4.78 is 28.6. The van der Waals surface area contributed by atoms with Gasteiger partial charge in [-0.1, -0.05) is 13.8 Å². The van der Waals surface area contributed by atoms with Crippen LogP contribution in [0.4, 0.5) is 0 Å². The minimum absolute atomic E-state index is 0.0158. The van der Waals surface area contributed by atoms with Crippen LogP contribution in [0.25, 0.3) is 0 Å². The summed E-state index contributed by atoms with van der Waals surface area (Å²) in [7, 11) is -0.345. The predicted molar refractivity (Wildman–Crippen MR) is 57.9 cm³/mol. The molecule has 3 aliphatic heterocycles. The molecule has 0 saturated carbocycles. The molecule has 0 aromatic rings. The first kappa shape index (κ1) is 11.0. The number of hydrogen-bond donors (Lipinski definition) is 0. The highest BCUT2D eigenvalue weighted by Crippen LogP contribution is 2.34. The molecule has 3 saturated heterocycles. The van der Waals surface area contributed by atoms with E-state index in [1.807, 2.05) is 13.8 Å². The van der Waals surface area contributed by atoms with Gasteiger partial charge in [-0.15, -0.1) is 0 Å². The first-order chi connectivity index (χ1) is 7.81. The lowest BCUT2D eigenvalue weighted by molar-refractivity contribution is -0.283. The summed E-state index contributed by atoms with van der Waals surface area (Å²) in [5, 5.41) is 0. The van der Waals surface area contributed by atoms with Gasteiger partial charge in [-0.2, -0.15) is 0 Å². The van der Waals surface area contributed by atoms with Gasteiger partial charge < -0.3 is 23.4 Å². The van der Waals surface area contributed by atoms with E-state index >= 15 is 0 Å². The molecular weight excluding hydrogens is 210 g/mol. The van der Waals surface area contributed by atoms with Crippen molar-refractivity contribution in [3.8, 4) is 0 Å². The maximum absolute atomic E-state index is 5.81. The first-order valence-electron chi connectivity index (χ1n) is 6.05. The Balaban J connectivity index is 1.77. The highest BCUT2D eigenvalue weighted by Gasteiger charge is 2.54. The van der Waals surface area contributed by atoms with E-state index in [1.54, 1.807) is 0 Å². The van der Waals surface area contributed by atoms with Crippen LogP contribution in [0.5, 0.6) is 0 Å². The van der Waals surface area contributed by atoms with E-state index in [1.165, 1.54) is 0 Å². The predicted octanol–water partition coefficient (Wildman–Crippen LogP) is 0.558. The van der Waals surface area contributed by atoms with Crippen LogP contribution in [0, 0.1) is 0 Å². The topological polar surface area (TPSA) is 46.2 Å². The molecule has 0 N–H and O–H groups in total. The molecule has 4 atom stereocenters. The molecule has 3 fully saturated rings. The largest absolute Gasteiger partial charge is 0.458 e. The van der Waals surface area contributed by atoms with Crippen molar-refractivity contribution in [2.24, 2.45) is 0 Å². The maximum Gasteiger partial charge on any atom is 0.458 e. The van der Waals surface area contributed by atoms with Gasteiger partial charge in [0, 0.05) is 0 Å². The van der Waals surface area contributed by atoms with Gasteiger partial charge in [0.2, 0.25) is 0 Å². The third-order valence-electron chi connectivity index (χ3n) is 3.28. The molecule has 0 unspecified atom stereocenters. The monoisotopic (exact) mass is 226 g/mol. The van der Waals surface area contributed by atoms with Crippen LogP contribution in [0.3, 0.4) is 0 Å². The zero-order valence-electron chi connectivity index (χ0n) is 9.63. The van der Waals surface area contributed by atoms with E-state index in [9.17, 15) is 0 Å². The average Bonchev–Trinajstić information content (AvgIpc) is 2.30. The summed E-state index contributed by atoms with van der Waals surface area (Å²) in [6.45, 7) is 4.60. The van der Waals surface area contributed by atoms with E-state index in [4.69, 9.17) is 23.4 Å². The Morgan fingerprint density at radius 3 is 2.38 bits per heavy atom. The second kappa shape index (κ2) is 4.31. The fourth-order valence-corrected chi connectivity index (χ4v) is 2.43. The normalized spacial score (nSPS) is 42.4. The highest BCUT2D eigenvalue weighted by atomic mass is 16.8. The zero-order valence-corrected chi connectivity index (χ0v) is 9.63. The van der Waals surface area contributed by atoms with Gasteiger partial charge in [-0.05, 0) is 12.6 Å². The van der Waals surface area contributed by atoms with Gasteiger partial charge in [-0.3, -0.25) is 0 Å². The molecule has 3 rings (SSSR count). The van der Waals surface area contributed by atoms with Gasteiger partial charge in [0.15, 0.2) is 6.29 Å². The SMILES string of the molecule is CCB1O[C@@H]2OC[C@H]3OB(CC)O[C@@H]2[C@H]3O1. The van der Waals surface area contributed by atoms with Crippen LogP contribution >= 0.6 is 0 Å². The van der Waals surface area contributed by atoms with E-state index in [2.05, 4.69) is 0 Å². The summed E-state index contributed by atoms with van der Waals surface area (Å²) in [6, 6.07) is 0. The van der Waals surface area contributed by atoms with Crippen LogP contribution in [-0.4, -0.2) is 45.4 Å². The van der Waals surface area contributed by atoms with E-state index in [0.717, 1.165) is 12.6 Å². The lowest BCUT2D eigenvalue weighted by atomic mass is 9.78. The molecule has 5 nitrogen and oxygen atoms in total. The molecule has 88 valence electrons. The average molecular weight is 226 g/mol. The number of ether oxygens (including phenoxy) is 1. The summed E-state index contributed by atoms with van der Waals surface area (Å²) in [4.78, 5) is 0. The van der Waals surface area contributed by atoms with Gasteiger partial charge in [-0.25, -0.2) is 0 Å². The lowest BCUT2D eigenvalue weighted by Crippen LogP contribution is -2.68. The van der Waals surface area contributed by atoms with Crippen LogP contribution < -0.4 is 0 Å². The van der Waals surface area contributed by atoms with Gasteiger partial charge >= 0.3 is 14.2 Å². The Morgan fingerprint density at radius 1 is 0.938 bits per heavy atom. The van der Waals surface area contributed by atoms with Crippen molar-refractivity contribution in [2.45, 2.75) is 51.1 Å². The van der Waals surface area contributed by atoms with Gasteiger partial charge in [0.1, 0.15) is 6.10 Å². The van der Waals surface area contributed by atoms with E-state index < -0.39 is 0 Å². The zero-order chi connectivity index (χ0) is 11.1. The van der Waals surface area contributed by atoms with Crippen molar-refractivity contribution in [3.63, 3.8) is 0 Å². The number of hydrogen-bond acceptors (Lipinski definition) is 5. The smallest absolute Gasteiger partial charge is 0.403 e. The van der Waals surface area contributed by atoms with Crippen molar-refractivity contribution >= 4 is 14.2 Å². The Kier molecular flexibility index (Phi) is 2.97. The summed E-state index contributed by atoms with van der Waals surface area (Å²) in [5.74, 6) is 0. The number of rotatable bonds is 2. The van der Waals surface area contributed by atoms with Crippen LogP contribution in [0.15, 0.2) is 0 Å². The van der Waals surface area contributed by atoms with Crippen molar-refractivity contribution in [1.29, 1.82) is 0 Å². The molecule has 16 heavy (non-hydrogen) atoms. The van der Waals surface area contributed by atoms with Gasteiger partial charge in [0.05, 0.1) is 18.8 Å². The standard InChI is InChI=1S/C9H16B2O5/c1-3-10-13-6-5-12-9-8(15-10)7(6)14-11(4-2)16-9/h6-9H,3-5H2,1-2H3/t6-,7+,8-,9+/m1/s1. The molecular formula is C9H16B2O5. The van der Waals surface area contributed by atoms with Crippen molar-refractivity contribution < 1.29 is 23.4 Å². The molecule has 0 aromatic heterocycles. The van der Waals surface area contributed by atoms with Crippen molar-refractivity contribution in [3.05, 3.63) is 0 Å². The first-order valence-corrected chi connectivity index (χ1v) is 6.05. The summed E-state index contributed by atoms with van der Waals surface area (Å²) >= 11 is 0. The minimum Gasteiger partial charge on any atom is -0.403 e. The maximum atomic E-state index is 5.81. The molecule has 0 aliphatic carbocycles. The van der Waals surface area contributed by atoms with Crippen LogP contribution in [-0.2, 0) is 23.4 Å². The molecule has 0 spiro atoms. The summed E-state index contributed by atoms with van der Waals surface area (Å²) in [5.41, 5.74) is 0. The minimum atomic E-state index is -0.294. The Bertz CT molecular complexity index is 240. The highest BCUT2D eigenvalue weighted by molar-refractivity contribution is 6.45. The molecule has 0 radical (unpaired) electrons. The fourth-order valence-electron chi connectivity index (χ4n) is 2.43. The van der Waals surface area contributed by atoms with Gasteiger partial charge in [0.25, 0.3) is 0 Å². The quantitative estimate of drug-likeness (QED) is 0.643. The van der Waals surface area contributed by atoms with E-state index in [-0.39, 0.29) is 38.8 Å². The summed E-state index contributed by atoms with van der Waals surface area (Å²) in [6.07, 6.45) is 1.16. The Morgan fingerprint density at radius 2 is 1.62 bits per heavy atom. The molecule has 3 heterocycles. The molecule has 0 amide bonds. The Hall–Kier alpha value is -0.0701. The van der Waals surface area contributed by atoms with Crippen LogP contribution in [0.2, 0.25) is 12.6 Å². The van der Waals surface area contributed by atoms with Crippen molar-refractivity contribution in [2.75, 3.05) is 6.61 Å². The molecule has 3 aliphatic rings. The third-order valence-corrected chi connectivity index (χ3v) is 3.28. The molecule has 0 aromatic carbocycles. The molecule has 7 heteroatoms. The Labute approximate surface area is 96.0 Å². The third kappa shape index (κ3) is 1.71. The molecule has 4 bridgehead atoms. The van der Waals surface area contributed by atoms with E-state index in [0.29, 0.717) is 6.61 Å². The fraction of sp³-hybridized carbons (Fsp3) is 1.00.